The first-order valence-electron chi connectivity index (χ1n) is 3.52. The van der Waals surface area contributed by atoms with Crippen LogP contribution < -0.4 is 8.39 Å². The fraction of sp³-hybridized carbons (Fsp3) is 0.667. The molecule has 0 aromatic rings. The van der Waals surface area contributed by atoms with Gasteiger partial charge in [0.05, 0.1) is 0 Å². The third-order valence-corrected chi connectivity index (χ3v) is 2.44. The van der Waals surface area contributed by atoms with Crippen molar-refractivity contribution >= 4 is 6.03 Å². The molecule has 1 radical (unpaired) electrons. The molecule has 1 saturated heterocycles. The number of nitrogens with one attached hydrogen (secondary N) is 1. The molecule has 0 aromatic heterocycles. The molecule has 4 nitrogen and oxygen atoms in total. The van der Waals surface area contributed by atoms with Gasteiger partial charge in [0.15, 0.2) is 0 Å². The molecule has 1 fully saturated rings. The summed E-state index contributed by atoms with van der Waals surface area (Å²) >= 11 is -0.735. The summed E-state index contributed by atoms with van der Waals surface area (Å²) in [5, 5.41) is 0. The van der Waals surface area contributed by atoms with Gasteiger partial charge in [-0.1, -0.05) is 0 Å². The van der Waals surface area contributed by atoms with E-state index in [0.29, 0.717) is 0 Å². The minimum absolute atomic E-state index is 0.0211. The normalized spacial score (nSPS) is 18.5. The van der Waals surface area contributed by atoms with Crippen LogP contribution in [0.3, 0.4) is 0 Å². The maximum absolute atomic E-state index is 11.1. The molecule has 11 heavy (non-hydrogen) atoms. The van der Waals surface area contributed by atoms with E-state index in [4.69, 9.17) is 4.40 Å². The Balaban J connectivity index is 2.27. The number of nitrogens with two attached hydrogens (primary N) is 1. The monoisotopic (exact) mass is 335 g/mol. The molecule has 0 spiro atoms. The second-order valence-electron chi connectivity index (χ2n) is 2.36. The number of amides is 2. The molecule has 1 aliphatic rings. The van der Waals surface area contributed by atoms with E-state index < -0.39 is 18.2 Å². The number of carbonyl (C=O) groups excluding carboxylic acids is 1. The standard InChI is InChI=1S/C6H11N2O.Ir.H2N/c7-6(9)8-4-2-1-3-5-8;;/h4H,1-3,5H2,(H2,7,9);;1H2/q;+2;-1/p-1. The van der Waals surface area contributed by atoms with Crippen LogP contribution in [0, 0.1) is 6.54 Å². The SMILES string of the molecule is [NH2][Ir][NH]C(=O)N1[CH]CCCC1. The van der Waals surface area contributed by atoms with E-state index in [1.54, 1.807) is 4.90 Å². The molecule has 0 aromatic carbocycles. The van der Waals surface area contributed by atoms with Crippen molar-refractivity contribution in [1.29, 1.82) is 0 Å². The third kappa shape index (κ3) is 2.77. The van der Waals surface area contributed by atoms with Gasteiger partial charge in [0.25, 0.3) is 0 Å². The van der Waals surface area contributed by atoms with Crippen LogP contribution in [0.5, 0.6) is 0 Å². The summed E-state index contributed by atoms with van der Waals surface area (Å²) in [5.41, 5.74) is 0. The minimum atomic E-state index is -0.735. The van der Waals surface area contributed by atoms with Crippen molar-refractivity contribution in [1.82, 2.24) is 8.89 Å². The molecule has 0 saturated carbocycles. The summed E-state index contributed by atoms with van der Waals surface area (Å²) in [7, 11) is 0. The van der Waals surface area contributed by atoms with Gasteiger partial charge in [0, 0.05) is 0 Å². The zero-order valence-corrected chi connectivity index (χ0v) is 8.57. The summed E-state index contributed by atoms with van der Waals surface area (Å²) in [5.74, 6) is 0. The number of nitrogens with zero attached hydrogens (tertiary/aromatic N) is 1. The van der Waals surface area contributed by atoms with Crippen molar-refractivity contribution in [3.05, 3.63) is 6.54 Å². The number of urea groups is 1. The van der Waals surface area contributed by atoms with Gasteiger partial charge in [-0.25, -0.2) is 0 Å². The number of hydrogen-bond donors (Lipinski definition) is 2. The van der Waals surface area contributed by atoms with E-state index in [2.05, 4.69) is 3.99 Å². The molecule has 2 amide bonds. The van der Waals surface area contributed by atoms with Crippen molar-refractivity contribution in [2.24, 2.45) is 4.40 Å². The number of rotatable bonds is 1. The second-order valence-corrected chi connectivity index (χ2v) is 3.65. The summed E-state index contributed by atoms with van der Waals surface area (Å²) in [6, 6.07) is -0.0211. The molecular formula is C6H12IrN3O. The summed E-state index contributed by atoms with van der Waals surface area (Å²) in [4.78, 5) is 12.9. The Morgan fingerprint density at radius 2 is 2.45 bits per heavy atom. The average Bonchev–Trinajstić information content (AvgIpc) is 2.07. The van der Waals surface area contributed by atoms with E-state index >= 15 is 0 Å². The van der Waals surface area contributed by atoms with Gasteiger partial charge in [0.2, 0.25) is 0 Å². The van der Waals surface area contributed by atoms with Crippen LogP contribution in [0.4, 0.5) is 4.79 Å². The van der Waals surface area contributed by atoms with E-state index in [0.717, 1.165) is 19.4 Å². The first-order valence-corrected chi connectivity index (χ1v) is 6.10. The van der Waals surface area contributed by atoms with Crippen LogP contribution in [0.15, 0.2) is 0 Å². The molecule has 3 N–H and O–H groups in total. The Morgan fingerprint density at radius 1 is 1.64 bits per heavy atom. The topological polar surface area (TPSA) is 58.4 Å². The fourth-order valence-corrected chi connectivity index (χ4v) is 1.68. The van der Waals surface area contributed by atoms with E-state index in [1.807, 2.05) is 6.54 Å². The van der Waals surface area contributed by atoms with Crippen LogP contribution in [-0.4, -0.2) is 17.5 Å². The molecule has 0 bridgehead atoms. The van der Waals surface area contributed by atoms with Crippen molar-refractivity contribution in [2.45, 2.75) is 19.3 Å². The van der Waals surface area contributed by atoms with Gasteiger partial charge >= 0.3 is 74.6 Å². The second kappa shape index (κ2) is 4.70. The van der Waals surface area contributed by atoms with E-state index in [9.17, 15) is 4.79 Å². The van der Waals surface area contributed by atoms with Crippen molar-refractivity contribution in [3.8, 4) is 0 Å². The molecule has 1 aliphatic heterocycles. The Hall–Kier alpha value is -0.121. The number of hydrogen-bond acceptors (Lipinski definition) is 2. The molecule has 1 heterocycles. The van der Waals surface area contributed by atoms with Crippen LogP contribution >= 0.6 is 0 Å². The van der Waals surface area contributed by atoms with Gasteiger partial charge in [-0.3, -0.25) is 0 Å². The maximum atomic E-state index is 11.1. The average molecular weight is 334 g/mol. The van der Waals surface area contributed by atoms with Gasteiger partial charge in [-0.05, 0) is 0 Å². The number of likely N-dealkylation sites (tertiary alicyclic amines) is 1. The molecule has 1 rings (SSSR count). The van der Waals surface area contributed by atoms with Crippen LogP contribution in [0.25, 0.3) is 0 Å². The molecule has 5 heteroatoms. The molecule has 66 valence electrons. The first-order chi connectivity index (χ1) is 5.34. The number of carbonyl (C=O) groups is 1. The summed E-state index contributed by atoms with van der Waals surface area (Å²) in [6.45, 7) is 2.79. The first kappa shape index (κ1) is 8.97. The zero-order valence-electron chi connectivity index (χ0n) is 6.17. The fourth-order valence-electron chi connectivity index (χ4n) is 1.04. The summed E-state index contributed by atoms with van der Waals surface area (Å²) < 4.78 is 7.96. The Kier molecular flexibility index (Phi) is 3.83. The molecule has 0 atom stereocenters. The molecule has 0 aliphatic carbocycles. The third-order valence-electron chi connectivity index (χ3n) is 1.58. The van der Waals surface area contributed by atoms with Crippen LogP contribution in [0.2, 0.25) is 0 Å². The predicted molar refractivity (Wildman–Crippen MR) is 37.6 cm³/mol. The van der Waals surface area contributed by atoms with Gasteiger partial charge in [0.1, 0.15) is 0 Å². The zero-order chi connectivity index (χ0) is 8.10. The number of piperidine rings is 1. The van der Waals surface area contributed by atoms with Gasteiger partial charge < -0.3 is 0 Å². The van der Waals surface area contributed by atoms with Crippen molar-refractivity contribution < 1.29 is 23.0 Å². The Morgan fingerprint density at radius 3 is 3.00 bits per heavy atom. The molecule has 0 unspecified atom stereocenters. The van der Waals surface area contributed by atoms with Gasteiger partial charge in [-0.15, -0.1) is 0 Å². The van der Waals surface area contributed by atoms with Crippen molar-refractivity contribution in [3.63, 3.8) is 0 Å². The predicted octanol–water partition coefficient (Wildman–Crippen LogP) is 0.215. The summed E-state index contributed by atoms with van der Waals surface area (Å²) in [6.07, 6.45) is 3.31. The molecular weight excluding hydrogens is 322 g/mol. The Bertz CT molecular complexity index is 136. The quantitative estimate of drug-likeness (QED) is 0.720. The van der Waals surface area contributed by atoms with Crippen LogP contribution in [0.1, 0.15) is 19.3 Å². The van der Waals surface area contributed by atoms with E-state index in [-0.39, 0.29) is 6.03 Å². The van der Waals surface area contributed by atoms with Gasteiger partial charge in [-0.2, -0.15) is 0 Å². The van der Waals surface area contributed by atoms with Crippen LogP contribution in [-0.2, 0) is 18.2 Å². The van der Waals surface area contributed by atoms with Crippen molar-refractivity contribution in [2.75, 3.05) is 6.54 Å². The Labute approximate surface area is 75.0 Å². The van der Waals surface area contributed by atoms with E-state index in [1.165, 1.54) is 6.42 Å².